The van der Waals surface area contributed by atoms with Gasteiger partial charge in [0.1, 0.15) is 0 Å². The highest BCUT2D eigenvalue weighted by atomic mass is 32.2. The van der Waals surface area contributed by atoms with Crippen LogP contribution in [-0.4, -0.2) is 14.3 Å². The number of para-hydroxylation sites is 1. The Morgan fingerprint density at radius 3 is 2.00 bits per heavy atom. The number of rotatable bonds is 5. The average Bonchev–Trinajstić information content (AvgIpc) is 2.68. The van der Waals surface area contributed by atoms with Gasteiger partial charge in [-0.1, -0.05) is 30.3 Å². The van der Waals surface area contributed by atoms with Gasteiger partial charge in [0, 0.05) is 5.69 Å². The van der Waals surface area contributed by atoms with Gasteiger partial charge in [0.2, 0.25) is 0 Å². The van der Waals surface area contributed by atoms with Crippen LogP contribution in [0.2, 0.25) is 0 Å². The SMILES string of the molecule is O=C(Nc1ccc(C(F)(F)F)cc1)c1ccccc1NS(=O)(=O)c1ccccc1. The molecular weight excluding hydrogens is 405 g/mol. The van der Waals surface area contributed by atoms with Crippen molar-refractivity contribution in [3.05, 3.63) is 90.0 Å². The summed E-state index contributed by atoms with van der Waals surface area (Å²) in [6.45, 7) is 0. The second-order valence-corrected chi connectivity index (χ2v) is 7.68. The minimum absolute atomic E-state index is 0.0203. The third-order valence-corrected chi connectivity index (χ3v) is 5.32. The Kier molecular flexibility index (Phi) is 5.60. The van der Waals surface area contributed by atoms with Gasteiger partial charge in [-0.2, -0.15) is 13.2 Å². The largest absolute Gasteiger partial charge is 0.416 e. The average molecular weight is 420 g/mol. The minimum atomic E-state index is -4.48. The van der Waals surface area contributed by atoms with E-state index in [1.54, 1.807) is 30.3 Å². The van der Waals surface area contributed by atoms with E-state index in [2.05, 4.69) is 10.0 Å². The summed E-state index contributed by atoms with van der Waals surface area (Å²) in [5.41, 5.74) is -0.636. The van der Waals surface area contributed by atoms with Gasteiger partial charge >= 0.3 is 6.18 Å². The molecule has 3 aromatic carbocycles. The molecule has 2 N–H and O–H groups in total. The highest BCUT2D eigenvalue weighted by Crippen LogP contribution is 2.30. The molecule has 0 unspecified atom stereocenters. The maximum atomic E-state index is 12.6. The molecule has 0 aromatic heterocycles. The molecule has 0 aliphatic heterocycles. The summed E-state index contributed by atoms with van der Waals surface area (Å²) in [5, 5.41) is 2.46. The van der Waals surface area contributed by atoms with E-state index in [1.807, 2.05) is 0 Å². The van der Waals surface area contributed by atoms with Crippen molar-refractivity contribution in [3.8, 4) is 0 Å². The molecule has 29 heavy (non-hydrogen) atoms. The van der Waals surface area contributed by atoms with Crippen LogP contribution < -0.4 is 10.0 Å². The number of benzene rings is 3. The summed E-state index contributed by atoms with van der Waals surface area (Å²) in [4.78, 5) is 12.6. The van der Waals surface area contributed by atoms with E-state index < -0.39 is 27.7 Å². The van der Waals surface area contributed by atoms with Crippen molar-refractivity contribution < 1.29 is 26.4 Å². The lowest BCUT2D eigenvalue weighted by Gasteiger charge is -2.13. The lowest BCUT2D eigenvalue weighted by atomic mass is 10.1. The van der Waals surface area contributed by atoms with Crippen LogP contribution in [0.4, 0.5) is 24.5 Å². The normalized spacial score (nSPS) is 11.7. The standard InChI is InChI=1S/C20H15F3N2O3S/c21-20(22,23)14-10-12-15(13-11-14)24-19(26)17-8-4-5-9-18(17)25-29(27,28)16-6-2-1-3-7-16/h1-13,25H,(H,24,26). The monoisotopic (exact) mass is 420 g/mol. The predicted molar refractivity (Wildman–Crippen MR) is 103 cm³/mol. The van der Waals surface area contributed by atoms with Gasteiger partial charge in [-0.25, -0.2) is 8.42 Å². The van der Waals surface area contributed by atoms with Crippen molar-refractivity contribution in [2.45, 2.75) is 11.1 Å². The van der Waals surface area contributed by atoms with E-state index in [0.29, 0.717) is 0 Å². The smallest absolute Gasteiger partial charge is 0.322 e. The third-order valence-electron chi connectivity index (χ3n) is 3.94. The van der Waals surface area contributed by atoms with Crippen LogP contribution in [0.3, 0.4) is 0 Å². The Hall–Kier alpha value is -3.33. The molecule has 0 radical (unpaired) electrons. The third kappa shape index (κ3) is 4.94. The summed E-state index contributed by atoms with van der Waals surface area (Å²) in [5.74, 6) is -0.670. The summed E-state index contributed by atoms with van der Waals surface area (Å²) < 4.78 is 65.3. The topological polar surface area (TPSA) is 75.3 Å². The summed E-state index contributed by atoms with van der Waals surface area (Å²) in [6, 6.07) is 17.5. The number of carbonyl (C=O) groups is 1. The number of sulfonamides is 1. The first kappa shape index (κ1) is 20.4. The van der Waals surface area contributed by atoms with Crippen LogP contribution in [0.1, 0.15) is 15.9 Å². The minimum Gasteiger partial charge on any atom is -0.322 e. The zero-order chi connectivity index (χ0) is 21.1. The Balaban J connectivity index is 1.82. The predicted octanol–water partition coefficient (Wildman–Crippen LogP) is 4.76. The maximum absolute atomic E-state index is 12.6. The quantitative estimate of drug-likeness (QED) is 0.625. The number of amides is 1. The summed E-state index contributed by atoms with van der Waals surface area (Å²) >= 11 is 0. The molecule has 3 rings (SSSR count). The first-order chi connectivity index (χ1) is 13.7. The summed E-state index contributed by atoms with van der Waals surface area (Å²) in [6.07, 6.45) is -4.48. The fourth-order valence-electron chi connectivity index (χ4n) is 2.51. The van der Waals surface area contributed by atoms with E-state index >= 15 is 0 Å². The molecule has 0 bridgehead atoms. The molecule has 9 heteroatoms. The molecule has 0 aliphatic rings. The zero-order valence-corrected chi connectivity index (χ0v) is 15.6. The Morgan fingerprint density at radius 2 is 1.38 bits per heavy atom. The van der Waals surface area contributed by atoms with Crippen molar-refractivity contribution in [3.63, 3.8) is 0 Å². The van der Waals surface area contributed by atoms with Crippen LogP contribution in [0.5, 0.6) is 0 Å². The molecule has 0 fully saturated rings. The van der Waals surface area contributed by atoms with E-state index in [9.17, 15) is 26.4 Å². The number of alkyl halides is 3. The van der Waals surface area contributed by atoms with Crippen molar-refractivity contribution in [1.82, 2.24) is 0 Å². The molecule has 0 atom stereocenters. The molecule has 0 saturated carbocycles. The van der Waals surface area contributed by atoms with Crippen molar-refractivity contribution >= 4 is 27.3 Å². The first-order valence-electron chi connectivity index (χ1n) is 8.32. The van der Waals surface area contributed by atoms with Gasteiger partial charge in [0.25, 0.3) is 15.9 Å². The van der Waals surface area contributed by atoms with E-state index in [-0.39, 0.29) is 21.8 Å². The molecule has 3 aromatic rings. The highest BCUT2D eigenvalue weighted by Gasteiger charge is 2.30. The maximum Gasteiger partial charge on any atom is 0.416 e. The molecule has 150 valence electrons. The Labute approximate surface area is 165 Å². The van der Waals surface area contributed by atoms with Gasteiger partial charge in [0.15, 0.2) is 0 Å². The van der Waals surface area contributed by atoms with E-state index in [4.69, 9.17) is 0 Å². The van der Waals surface area contributed by atoms with E-state index in [1.165, 1.54) is 24.3 Å². The van der Waals surface area contributed by atoms with Crippen LogP contribution in [0.15, 0.2) is 83.8 Å². The number of halogens is 3. The lowest BCUT2D eigenvalue weighted by molar-refractivity contribution is -0.137. The molecule has 0 saturated heterocycles. The number of hydrogen-bond donors (Lipinski definition) is 2. The highest BCUT2D eigenvalue weighted by molar-refractivity contribution is 7.92. The van der Waals surface area contributed by atoms with Crippen LogP contribution in [0, 0.1) is 0 Å². The molecular formula is C20H15F3N2O3S. The number of anilines is 2. The molecule has 5 nitrogen and oxygen atoms in total. The Bertz CT molecular complexity index is 1110. The molecule has 0 aliphatic carbocycles. The van der Waals surface area contributed by atoms with Gasteiger partial charge in [-0.15, -0.1) is 0 Å². The van der Waals surface area contributed by atoms with Crippen LogP contribution in [-0.2, 0) is 16.2 Å². The first-order valence-corrected chi connectivity index (χ1v) is 9.81. The van der Waals surface area contributed by atoms with Crippen LogP contribution >= 0.6 is 0 Å². The summed E-state index contributed by atoms with van der Waals surface area (Å²) in [7, 11) is -3.92. The van der Waals surface area contributed by atoms with Crippen molar-refractivity contribution in [2.24, 2.45) is 0 Å². The van der Waals surface area contributed by atoms with Crippen molar-refractivity contribution in [1.29, 1.82) is 0 Å². The second-order valence-electron chi connectivity index (χ2n) is 5.99. The van der Waals surface area contributed by atoms with Gasteiger partial charge in [-0.05, 0) is 48.5 Å². The fraction of sp³-hybridized carbons (Fsp3) is 0.0500. The van der Waals surface area contributed by atoms with Gasteiger partial charge in [-0.3, -0.25) is 9.52 Å². The lowest BCUT2D eigenvalue weighted by Crippen LogP contribution is -2.18. The van der Waals surface area contributed by atoms with Gasteiger partial charge < -0.3 is 5.32 Å². The van der Waals surface area contributed by atoms with E-state index in [0.717, 1.165) is 24.3 Å². The van der Waals surface area contributed by atoms with Gasteiger partial charge in [0.05, 0.1) is 21.7 Å². The van der Waals surface area contributed by atoms with Crippen LogP contribution in [0.25, 0.3) is 0 Å². The number of hydrogen-bond acceptors (Lipinski definition) is 3. The number of carbonyl (C=O) groups excluding carboxylic acids is 1. The zero-order valence-electron chi connectivity index (χ0n) is 14.8. The molecule has 0 heterocycles. The van der Waals surface area contributed by atoms with Crippen molar-refractivity contribution in [2.75, 3.05) is 10.0 Å². The number of nitrogens with one attached hydrogen (secondary N) is 2. The second kappa shape index (κ2) is 7.96. The molecule has 1 amide bonds. The fourth-order valence-corrected chi connectivity index (χ4v) is 3.62. The molecule has 0 spiro atoms. The Morgan fingerprint density at radius 1 is 0.793 bits per heavy atom.